The molecule has 3 N–H and O–H groups in total. The first-order valence-electron chi connectivity index (χ1n) is 8.02. The van der Waals surface area contributed by atoms with Crippen molar-refractivity contribution >= 4 is 23.8 Å². The topological polar surface area (TPSA) is 114 Å². The lowest BCUT2D eigenvalue weighted by Gasteiger charge is -2.17. The largest absolute Gasteiger partial charge is 0.455 e. The van der Waals surface area contributed by atoms with Crippen molar-refractivity contribution in [3.05, 3.63) is 35.9 Å². The van der Waals surface area contributed by atoms with E-state index in [1.807, 2.05) is 6.07 Å². The average molecular weight is 347 g/mol. The van der Waals surface area contributed by atoms with E-state index in [-0.39, 0.29) is 18.4 Å². The molecule has 134 valence electrons. The fourth-order valence-electron chi connectivity index (χ4n) is 2.17. The highest BCUT2D eigenvalue weighted by Gasteiger charge is 2.24. The fraction of sp³-hybridized carbons (Fsp3) is 0.412. The van der Waals surface area contributed by atoms with Crippen LogP contribution in [0.2, 0.25) is 0 Å². The molecule has 0 bridgehead atoms. The van der Waals surface area contributed by atoms with Crippen LogP contribution in [0.4, 0.5) is 4.79 Å². The van der Waals surface area contributed by atoms with Gasteiger partial charge in [-0.25, -0.2) is 4.79 Å². The lowest BCUT2D eigenvalue weighted by Crippen LogP contribution is -2.42. The van der Waals surface area contributed by atoms with Gasteiger partial charge in [0.05, 0.1) is 12.5 Å². The molecule has 0 radical (unpaired) electrons. The Morgan fingerprint density at radius 1 is 1.16 bits per heavy atom. The van der Waals surface area contributed by atoms with Gasteiger partial charge in [-0.3, -0.25) is 19.7 Å². The summed E-state index contributed by atoms with van der Waals surface area (Å²) < 4.78 is 4.88. The molecule has 1 fully saturated rings. The summed E-state index contributed by atoms with van der Waals surface area (Å²) in [6, 6.07) is 7.95. The lowest BCUT2D eigenvalue weighted by atomic mass is 10.0. The van der Waals surface area contributed by atoms with Crippen LogP contribution < -0.4 is 16.0 Å². The zero-order valence-corrected chi connectivity index (χ0v) is 13.9. The number of hydrogen-bond donors (Lipinski definition) is 3. The maximum absolute atomic E-state index is 11.9. The van der Waals surface area contributed by atoms with E-state index in [1.165, 1.54) is 6.92 Å². The molecule has 0 unspecified atom stereocenters. The molecule has 1 atom stereocenters. The first-order chi connectivity index (χ1) is 11.9. The number of urea groups is 1. The number of imide groups is 1. The zero-order chi connectivity index (χ0) is 18.2. The number of hydrogen-bond acceptors (Lipinski definition) is 5. The van der Waals surface area contributed by atoms with Crippen molar-refractivity contribution < 1.29 is 23.9 Å². The molecule has 0 aromatic heterocycles. The van der Waals surface area contributed by atoms with Crippen LogP contribution >= 0.6 is 0 Å². The SMILES string of the molecule is CC(=O)N[C@@H](CC(=O)OCC(=O)NC(=O)NC1CC1)c1ccccc1. The Balaban J connectivity index is 1.78. The summed E-state index contributed by atoms with van der Waals surface area (Å²) in [6.45, 7) is 0.797. The molecule has 1 aliphatic carbocycles. The minimum atomic E-state index is -0.706. The lowest BCUT2D eigenvalue weighted by molar-refractivity contribution is -0.148. The number of nitrogens with one attached hydrogen (secondary N) is 3. The molecular formula is C17H21N3O5. The van der Waals surface area contributed by atoms with Gasteiger partial charge in [-0.1, -0.05) is 30.3 Å². The summed E-state index contributed by atoms with van der Waals surface area (Å²) in [5.74, 6) is -1.64. The summed E-state index contributed by atoms with van der Waals surface area (Å²) in [6.07, 6.45) is 1.69. The second-order valence-corrected chi connectivity index (χ2v) is 5.82. The standard InChI is InChI=1S/C17H21N3O5/c1-11(21)18-14(12-5-3-2-4-6-12)9-16(23)25-10-15(22)20-17(24)19-13-7-8-13/h2-6,13-14H,7-10H2,1H3,(H,18,21)(H2,19,20,22,24)/t14-/m0/s1. The van der Waals surface area contributed by atoms with Crippen molar-refractivity contribution in [3.8, 4) is 0 Å². The van der Waals surface area contributed by atoms with Gasteiger partial charge < -0.3 is 15.4 Å². The van der Waals surface area contributed by atoms with Crippen LogP contribution in [0.1, 0.15) is 37.8 Å². The van der Waals surface area contributed by atoms with E-state index in [2.05, 4.69) is 16.0 Å². The monoisotopic (exact) mass is 347 g/mol. The van der Waals surface area contributed by atoms with Crippen molar-refractivity contribution in [3.63, 3.8) is 0 Å². The van der Waals surface area contributed by atoms with Crippen LogP contribution in [0.15, 0.2) is 30.3 Å². The van der Waals surface area contributed by atoms with Gasteiger partial charge in [0.1, 0.15) is 0 Å². The molecule has 1 aliphatic rings. The zero-order valence-electron chi connectivity index (χ0n) is 13.9. The third kappa shape index (κ3) is 7.03. The normalized spacial score (nSPS) is 14.1. The van der Waals surface area contributed by atoms with Gasteiger partial charge in [0.25, 0.3) is 5.91 Å². The van der Waals surface area contributed by atoms with E-state index < -0.39 is 30.6 Å². The summed E-state index contributed by atoms with van der Waals surface area (Å²) in [5.41, 5.74) is 0.753. The highest BCUT2D eigenvalue weighted by molar-refractivity contribution is 5.95. The molecule has 0 heterocycles. The van der Waals surface area contributed by atoms with Crippen LogP contribution in [0, 0.1) is 0 Å². The van der Waals surface area contributed by atoms with Gasteiger partial charge in [0, 0.05) is 13.0 Å². The van der Waals surface area contributed by atoms with Crippen molar-refractivity contribution in [1.29, 1.82) is 0 Å². The fourth-order valence-corrected chi connectivity index (χ4v) is 2.17. The van der Waals surface area contributed by atoms with Crippen molar-refractivity contribution in [2.45, 2.75) is 38.3 Å². The van der Waals surface area contributed by atoms with Crippen molar-refractivity contribution in [2.24, 2.45) is 0 Å². The maximum atomic E-state index is 11.9. The average Bonchev–Trinajstić information content (AvgIpc) is 3.36. The van der Waals surface area contributed by atoms with Crippen LogP contribution in [-0.2, 0) is 19.1 Å². The van der Waals surface area contributed by atoms with E-state index in [0.717, 1.165) is 18.4 Å². The number of carbonyl (C=O) groups is 4. The molecule has 1 saturated carbocycles. The third-order valence-electron chi connectivity index (χ3n) is 3.48. The van der Waals surface area contributed by atoms with E-state index >= 15 is 0 Å². The van der Waals surface area contributed by atoms with Crippen molar-refractivity contribution in [2.75, 3.05) is 6.61 Å². The Morgan fingerprint density at radius 3 is 2.44 bits per heavy atom. The van der Waals surface area contributed by atoms with Crippen molar-refractivity contribution in [1.82, 2.24) is 16.0 Å². The number of rotatable bonds is 7. The second kappa shape index (κ2) is 8.81. The first kappa shape index (κ1) is 18.4. The Hall–Kier alpha value is -2.90. The molecule has 0 aliphatic heterocycles. The number of ether oxygens (including phenoxy) is 1. The first-order valence-corrected chi connectivity index (χ1v) is 8.02. The Morgan fingerprint density at radius 2 is 1.84 bits per heavy atom. The summed E-state index contributed by atoms with van der Waals surface area (Å²) in [4.78, 5) is 46.2. The minimum absolute atomic E-state index is 0.120. The molecular weight excluding hydrogens is 326 g/mol. The highest BCUT2D eigenvalue weighted by atomic mass is 16.5. The van der Waals surface area contributed by atoms with Crippen LogP contribution in [0.25, 0.3) is 0 Å². The quantitative estimate of drug-likeness (QED) is 0.631. The summed E-state index contributed by atoms with van der Waals surface area (Å²) >= 11 is 0. The molecule has 1 aromatic rings. The van der Waals surface area contributed by atoms with Crippen LogP contribution in [0.3, 0.4) is 0 Å². The number of amides is 4. The highest BCUT2D eigenvalue weighted by Crippen LogP contribution is 2.18. The van der Waals surface area contributed by atoms with Gasteiger partial charge >= 0.3 is 12.0 Å². The second-order valence-electron chi connectivity index (χ2n) is 5.82. The van der Waals surface area contributed by atoms with Crippen LogP contribution in [-0.4, -0.2) is 36.5 Å². The molecule has 8 heteroatoms. The smallest absolute Gasteiger partial charge is 0.321 e. The maximum Gasteiger partial charge on any atom is 0.321 e. The Labute approximate surface area is 145 Å². The molecule has 0 spiro atoms. The van der Waals surface area contributed by atoms with E-state index in [4.69, 9.17) is 4.74 Å². The van der Waals surface area contributed by atoms with Gasteiger partial charge in [-0.15, -0.1) is 0 Å². The predicted molar refractivity (Wildman–Crippen MR) is 88.3 cm³/mol. The third-order valence-corrected chi connectivity index (χ3v) is 3.48. The number of esters is 1. The van der Waals surface area contributed by atoms with E-state index in [0.29, 0.717) is 0 Å². The minimum Gasteiger partial charge on any atom is -0.455 e. The summed E-state index contributed by atoms with van der Waals surface area (Å²) in [7, 11) is 0. The molecule has 2 rings (SSSR count). The van der Waals surface area contributed by atoms with E-state index in [1.54, 1.807) is 24.3 Å². The van der Waals surface area contributed by atoms with Crippen LogP contribution in [0.5, 0.6) is 0 Å². The molecule has 4 amide bonds. The van der Waals surface area contributed by atoms with Gasteiger partial charge in [0.2, 0.25) is 5.91 Å². The Kier molecular flexibility index (Phi) is 6.50. The van der Waals surface area contributed by atoms with Gasteiger partial charge in [-0.05, 0) is 18.4 Å². The molecule has 0 saturated heterocycles. The molecule has 25 heavy (non-hydrogen) atoms. The molecule has 8 nitrogen and oxygen atoms in total. The van der Waals surface area contributed by atoms with E-state index in [9.17, 15) is 19.2 Å². The summed E-state index contributed by atoms with van der Waals surface area (Å²) in [5, 5.41) is 7.35. The Bertz CT molecular complexity index is 643. The van der Waals surface area contributed by atoms with Gasteiger partial charge in [-0.2, -0.15) is 0 Å². The number of carbonyl (C=O) groups excluding carboxylic acids is 4. The van der Waals surface area contributed by atoms with Gasteiger partial charge in [0.15, 0.2) is 6.61 Å². The number of benzene rings is 1. The predicted octanol–water partition coefficient (Wildman–Crippen LogP) is 0.785. The molecule has 1 aromatic carbocycles.